The number of hydrogen-bond donors (Lipinski definition) is 1. The highest BCUT2D eigenvalue weighted by molar-refractivity contribution is 5.89. The highest BCUT2D eigenvalue weighted by atomic mass is 16.5. The second-order valence-electron chi connectivity index (χ2n) is 2.64. The zero-order chi connectivity index (χ0) is 10.4. The molecule has 0 aliphatic rings. The zero-order valence-corrected chi connectivity index (χ0v) is 7.93. The molecule has 0 spiro atoms. The van der Waals surface area contributed by atoms with Crippen molar-refractivity contribution in [3.63, 3.8) is 0 Å². The van der Waals surface area contributed by atoms with E-state index in [2.05, 4.69) is 9.72 Å². The van der Waals surface area contributed by atoms with Crippen molar-refractivity contribution in [1.82, 2.24) is 4.98 Å². The first-order chi connectivity index (χ1) is 6.77. The first-order valence-electron chi connectivity index (χ1n) is 4.18. The Morgan fingerprint density at radius 2 is 2.43 bits per heavy atom. The highest BCUT2D eigenvalue weighted by Gasteiger charge is 2.04. The average molecular weight is 192 g/mol. The van der Waals surface area contributed by atoms with E-state index in [1.54, 1.807) is 24.4 Å². The summed E-state index contributed by atoms with van der Waals surface area (Å²) in [4.78, 5) is 15.0. The summed E-state index contributed by atoms with van der Waals surface area (Å²) in [6.07, 6.45) is 6.71. The Morgan fingerprint density at radius 3 is 3.07 bits per heavy atom. The van der Waals surface area contributed by atoms with Crippen molar-refractivity contribution in [2.45, 2.75) is 0 Å². The van der Waals surface area contributed by atoms with Crippen molar-refractivity contribution in [2.24, 2.45) is 5.73 Å². The van der Waals surface area contributed by atoms with Crippen LogP contribution in [-0.4, -0.2) is 24.6 Å². The second kappa shape index (κ2) is 5.14. The molecule has 0 aliphatic carbocycles. The van der Waals surface area contributed by atoms with E-state index in [9.17, 15) is 4.79 Å². The molecule has 1 aromatic heterocycles. The van der Waals surface area contributed by atoms with Gasteiger partial charge in [0.05, 0.1) is 12.7 Å². The number of aromatic nitrogens is 1. The monoisotopic (exact) mass is 192 g/mol. The van der Waals surface area contributed by atoms with Gasteiger partial charge in [-0.2, -0.15) is 0 Å². The molecule has 1 aromatic rings. The minimum absolute atomic E-state index is 0.388. The van der Waals surface area contributed by atoms with E-state index in [1.807, 2.05) is 0 Å². The van der Waals surface area contributed by atoms with E-state index in [4.69, 9.17) is 5.73 Å². The van der Waals surface area contributed by atoms with Gasteiger partial charge in [-0.3, -0.25) is 4.98 Å². The van der Waals surface area contributed by atoms with Gasteiger partial charge in [0.1, 0.15) is 0 Å². The maximum absolute atomic E-state index is 11.1. The Balaban J connectivity index is 2.89. The average Bonchev–Trinajstić information content (AvgIpc) is 2.25. The fourth-order valence-electron chi connectivity index (χ4n) is 0.982. The van der Waals surface area contributed by atoms with Crippen LogP contribution < -0.4 is 5.73 Å². The van der Waals surface area contributed by atoms with Crippen molar-refractivity contribution >= 4 is 12.0 Å². The molecule has 0 aliphatic heterocycles. The minimum Gasteiger partial charge on any atom is -0.465 e. The fraction of sp³-hybridized carbons (Fsp3) is 0.200. The predicted molar refractivity (Wildman–Crippen MR) is 53.7 cm³/mol. The Kier molecular flexibility index (Phi) is 3.82. The maximum atomic E-state index is 11.1. The molecule has 2 N–H and O–H groups in total. The van der Waals surface area contributed by atoms with Gasteiger partial charge in [0.2, 0.25) is 0 Å². The summed E-state index contributed by atoms with van der Waals surface area (Å²) in [6, 6.07) is 1.70. The summed E-state index contributed by atoms with van der Waals surface area (Å²) in [5.74, 6) is -0.388. The Labute approximate surface area is 82.4 Å². The van der Waals surface area contributed by atoms with Crippen LogP contribution in [0.2, 0.25) is 0 Å². The molecule has 0 amide bonds. The lowest BCUT2D eigenvalue weighted by molar-refractivity contribution is 0.0600. The molecule has 4 heteroatoms. The molecule has 0 unspecified atom stereocenters. The molecule has 74 valence electrons. The van der Waals surface area contributed by atoms with Crippen molar-refractivity contribution in [3.05, 3.63) is 35.7 Å². The Bertz CT molecular complexity index is 348. The van der Waals surface area contributed by atoms with Gasteiger partial charge < -0.3 is 10.5 Å². The molecular formula is C10H12N2O2. The summed E-state index contributed by atoms with van der Waals surface area (Å²) in [7, 11) is 1.34. The normalized spacial score (nSPS) is 10.4. The molecule has 0 saturated heterocycles. The van der Waals surface area contributed by atoms with Gasteiger partial charge in [-0.25, -0.2) is 4.79 Å². The number of carbonyl (C=O) groups excluding carboxylic acids is 1. The summed E-state index contributed by atoms with van der Waals surface area (Å²) < 4.78 is 4.57. The summed E-state index contributed by atoms with van der Waals surface area (Å²) >= 11 is 0. The number of nitrogens with zero attached hydrogens (tertiary/aromatic N) is 1. The topological polar surface area (TPSA) is 65.2 Å². The highest BCUT2D eigenvalue weighted by Crippen LogP contribution is 2.05. The number of hydrogen-bond acceptors (Lipinski definition) is 4. The third-order valence-corrected chi connectivity index (χ3v) is 1.63. The van der Waals surface area contributed by atoms with E-state index in [0.717, 1.165) is 5.56 Å². The van der Waals surface area contributed by atoms with Crippen molar-refractivity contribution < 1.29 is 9.53 Å². The van der Waals surface area contributed by atoms with Gasteiger partial charge in [-0.15, -0.1) is 0 Å². The van der Waals surface area contributed by atoms with Crippen LogP contribution >= 0.6 is 0 Å². The molecule has 4 nitrogen and oxygen atoms in total. The quantitative estimate of drug-likeness (QED) is 0.721. The second-order valence-corrected chi connectivity index (χ2v) is 2.64. The van der Waals surface area contributed by atoms with Crippen LogP contribution in [0.3, 0.4) is 0 Å². The SMILES string of the molecule is COC(=O)c1cncc(/C=C/CN)c1. The minimum atomic E-state index is -0.388. The van der Waals surface area contributed by atoms with Crippen LogP contribution in [0, 0.1) is 0 Å². The molecule has 1 heterocycles. The molecule has 14 heavy (non-hydrogen) atoms. The van der Waals surface area contributed by atoms with Crippen LogP contribution in [0.25, 0.3) is 6.08 Å². The lowest BCUT2D eigenvalue weighted by Gasteiger charge is -1.99. The standard InChI is InChI=1S/C10H12N2O2/c1-14-10(13)9-5-8(3-2-4-11)6-12-7-9/h2-3,5-7H,4,11H2,1H3/b3-2+. The molecular weight excluding hydrogens is 180 g/mol. The van der Waals surface area contributed by atoms with Crippen LogP contribution in [0.4, 0.5) is 0 Å². The first-order valence-corrected chi connectivity index (χ1v) is 4.18. The van der Waals surface area contributed by atoms with Crippen LogP contribution in [0.15, 0.2) is 24.5 Å². The molecule has 0 aromatic carbocycles. The fourth-order valence-corrected chi connectivity index (χ4v) is 0.982. The summed E-state index contributed by atoms with van der Waals surface area (Å²) in [5, 5.41) is 0. The number of methoxy groups -OCH3 is 1. The van der Waals surface area contributed by atoms with E-state index in [0.29, 0.717) is 12.1 Å². The van der Waals surface area contributed by atoms with Crippen LogP contribution in [-0.2, 0) is 4.74 Å². The van der Waals surface area contributed by atoms with Crippen molar-refractivity contribution in [1.29, 1.82) is 0 Å². The van der Waals surface area contributed by atoms with E-state index in [1.165, 1.54) is 13.3 Å². The van der Waals surface area contributed by atoms with Crippen molar-refractivity contribution in [2.75, 3.05) is 13.7 Å². The first kappa shape index (κ1) is 10.4. The van der Waals surface area contributed by atoms with Crippen molar-refractivity contribution in [3.8, 4) is 0 Å². The Hall–Kier alpha value is -1.68. The van der Waals surface area contributed by atoms with Crippen LogP contribution in [0.5, 0.6) is 0 Å². The zero-order valence-electron chi connectivity index (χ0n) is 7.93. The predicted octanol–water partition coefficient (Wildman–Crippen LogP) is 0.840. The molecule has 0 fully saturated rings. The van der Waals surface area contributed by atoms with Crippen LogP contribution in [0.1, 0.15) is 15.9 Å². The van der Waals surface area contributed by atoms with Gasteiger partial charge >= 0.3 is 5.97 Å². The molecule has 0 radical (unpaired) electrons. The molecule has 0 saturated carbocycles. The number of esters is 1. The number of nitrogens with two attached hydrogens (primary N) is 1. The summed E-state index contributed by atoms with van der Waals surface area (Å²) in [5.41, 5.74) is 6.57. The number of ether oxygens (including phenoxy) is 1. The van der Waals surface area contributed by atoms with Gasteiger partial charge in [0.15, 0.2) is 0 Å². The van der Waals surface area contributed by atoms with E-state index < -0.39 is 0 Å². The smallest absolute Gasteiger partial charge is 0.339 e. The van der Waals surface area contributed by atoms with Gasteiger partial charge in [-0.1, -0.05) is 12.2 Å². The largest absolute Gasteiger partial charge is 0.465 e. The summed E-state index contributed by atoms with van der Waals surface area (Å²) in [6.45, 7) is 0.461. The third kappa shape index (κ3) is 2.67. The lowest BCUT2D eigenvalue weighted by Crippen LogP contribution is -2.01. The van der Waals surface area contributed by atoms with Gasteiger partial charge in [0.25, 0.3) is 0 Å². The third-order valence-electron chi connectivity index (χ3n) is 1.63. The van der Waals surface area contributed by atoms with E-state index in [-0.39, 0.29) is 5.97 Å². The van der Waals surface area contributed by atoms with E-state index >= 15 is 0 Å². The Morgan fingerprint density at radius 1 is 1.64 bits per heavy atom. The molecule has 1 rings (SSSR count). The van der Waals surface area contributed by atoms with Gasteiger partial charge in [0, 0.05) is 18.9 Å². The molecule has 0 atom stereocenters. The number of pyridine rings is 1. The van der Waals surface area contributed by atoms with Gasteiger partial charge in [-0.05, 0) is 11.6 Å². The maximum Gasteiger partial charge on any atom is 0.339 e. The number of rotatable bonds is 3. The molecule has 0 bridgehead atoms. The lowest BCUT2D eigenvalue weighted by atomic mass is 10.2. The number of carbonyl (C=O) groups is 1.